The predicted molar refractivity (Wildman–Crippen MR) is 111 cm³/mol. The van der Waals surface area contributed by atoms with E-state index in [1.165, 1.54) is 5.52 Å². The number of para-hydroxylation sites is 2. The second-order valence-electron chi connectivity index (χ2n) is 8.70. The van der Waals surface area contributed by atoms with E-state index in [4.69, 9.17) is 9.97 Å². The van der Waals surface area contributed by atoms with E-state index in [-0.39, 0.29) is 5.41 Å². The Bertz CT molecular complexity index is 1190. The van der Waals surface area contributed by atoms with Gasteiger partial charge in [-0.25, -0.2) is 15.0 Å². The van der Waals surface area contributed by atoms with Crippen LogP contribution in [0.2, 0.25) is 0 Å². The van der Waals surface area contributed by atoms with Crippen molar-refractivity contribution in [2.45, 2.75) is 39.2 Å². The Labute approximate surface area is 164 Å². The van der Waals surface area contributed by atoms with Gasteiger partial charge >= 0.3 is 0 Å². The number of imidazole rings is 1. The molecule has 0 aliphatic carbocycles. The van der Waals surface area contributed by atoms with Crippen molar-refractivity contribution >= 4 is 27.9 Å². The highest BCUT2D eigenvalue weighted by Crippen LogP contribution is 2.36. The van der Waals surface area contributed by atoms with Gasteiger partial charge in [-0.05, 0) is 19.1 Å². The molecule has 0 atom stereocenters. The first kappa shape index (κ1) is 17.2. The maximum Gasteiger partial charge on any atom is 0.163 e. The van der Waals surface area contributed by atoms with E-state index >= 15 is 0 Å². The van der Waals surface area contributed by atoms with Gasteiger partial charge in [-0.1, -0.05) is 32.9 Å². The van der Waals surface area contributed by atoms with Crippen molar-refractivity contribution in [2.75, 3.05) is 18.0 Å². The van der Waals surface area contributed by atoms with E-state index in [0.29, 0.717) is 6.04 Å². The summed E-state index contributed by atoms with van der Waals surface area (Å²) in [6.07, 6.45) is 1.87. The Morgan fingerprint density at radius 3 is 2.54 bits per heavy atom. The van der Waals surface area contributed by atoms with Gasteiger partial charge in [-0.15, -0.1) is 0 Å². The maximum absolute atomic E-state index is 4.96. The molecule has 3 aromatic heterocycles. The zero-order valence-corrected chi connectivity index (χ0v) is 17.0. The lowest BCUT2D eigenvalue weighted by atomic mass is 9.94. The highest BCUT2D eigenvalue weighted by Gasteiger charge is 2.35. The maximum atomic E-state index is 4.96. The van der Waals surface area contributed by atoms with Gasteiger partial charge in [0, 0.05) is 25.6 Å². The minimum atomic E-state index is -0.0123. The van der Waals surface area contributed by atoms with Crippen molar-refractivity contribution in [1.29, 1.82) is 0 Å². The van der Waals surface area contributed by atoms with Crippen LogP contribution < -0.4 is 4.90 Å². The van der Waals surface area contributed by atoms with E-state index in [1.54, 1.807) is 0 Å². The normalized spacial score (nSPS) is 15.5. The molecule has 0 N–H and O–H groups in total. The third-order valence-corrected chi connectivity index (χ3v) is 5.48. The number of hydrogen-bond donors (Lipinski definition) is 0. The molecule has 4 aromatic rings. The fourth-order valence-electron chi connectivity index (χ4n) is 4.09. The SMILES string of the molecule is Cc1nc(N2CC(n3c(C(C)(C)C)nc4ccccc43)C2)c2cnn(C)c2n1. The lowest BCUT2D eigenvalue weighted by molar-refractivity contribution is 0.372. The lowest BCUT2D eigenvalue weighted by Crippen LogP contribution is -2.49. The molecular weight excluding hydrogens is 350 g/mol. The summed E-state index contributed by atoms with van der Waals surface area (Å²) < 4.78 is 4.24. The van der Waals surface area contributed by atoms with Crippen molar-refractivity contribution < 1.29 is 0 Å². The Balaban J connectivity index is 1.53. The molecule has 0 bridgehead atoms. The van der Waals surface area contributed by atoms with Crippen molar-refractivity contribution in [2.24, 2.45) is 7.05 Å². The fourth-order valence-corrected chi connectivity index (χ4v) is 4.09. The number of anilines is 1. The van der Waals surface area contributed by atoms with Crippen LogP contribution in [0.5, 0.6) is 0 Å². The molecule has 7 nitrogen and oxygen atoms in total. The molecule has 1 saturated heterocycles. The van der Waals surface area contributed by atoms with Gasteiger partial charge in [0.2, 0.25) is 0 Å². The highest BCUT2D eigenvalue weighted by atomic mass is 15.3. The van der Waals surface area contributed by atoms with E-state index in [2.05, 4.69) is 64.6 Å². The summed E-state index contributed by atoms with van der Waals surface area (Å²) in [7, 11) is 1.92. The summed E-state index contributed by atoms with van der Waals surface area (Å²) in [6.45, 7) is 10.4. The number of fused-ring (bicyclic) bond motifs is 2. The first-order chi connectivity index (χ1) is 13.3. The number of rotatable bonds is 2. The molecule has 1 aromatic carbocycles. The third kappa shape index (κ3) is 2.49. The smallest absolute Gasteiger partial charge is 0.163 e. The van der Waals surface area contributed by atoms with Crippen LogP contribution in [0.25, 0.3) is 22.1 Å². The first-order valence-electron chi connectivity index (χ1n) is 9.71. The predicted octanol–water partition coefficient (Wildman–Crippen LogP) is 3.38. The van der Waals surface area contributed by atoms with Gasteiger partial charge in [0.25, 0.3) is 0 Å². The van der Waals surface area contributed by atoms with Crippen LogP contribution in [-0.2, 0) is 12.5 Å². The van der Waals surface area contributed by atoms with Crippen LogP contribution in [0.4, 0.5) is 5.82 Å². The van der Waals surface area contributed by atoms with Gasteiger partial charge in [0.15, 0.2) is 5.65 Å². The molecular formula is C21H25N7. The van der Waals surface area contributed by atoms with Crippen molar-refractivity contribution in [1.82, 2.24) is 29.3 Å². The Hall–Kier alpha value is -2.96. The molecule has 0 radical (unpaired) electrons. The van der Waals surface area contributed by atoms with E-state index in [1.807, 2.05) is 24.9 Å². The molecule has 0 amide bonds. The van der Waals surface area contributed by atoms with Gasteiger partial charge < -0.3 is 9.47 Å². The summed E-state index contributed by atoms with van der Waals surface area (Å²) >= 11 is 0. The molecule has 1 aliphatic heterocycles. The number of benzene rings is 1. The van der Waals surface area contributed by atoms with Crippen molar-refractivity contribution in [3.05, 3.63) is 42.1 Å². The molecule has 0 spiro atoms. The summed E-state index contributed by atoms with van der Waals surface area (Å²) in [5.74, 6) is 2.90. The molecule has 0 saturated carbocycles. The van der Waals surface area contributed by atoms with Crippen LogP contribution >= 0.6 is 0 Å². The average molecular weight is 375 g/mol. The second-order valence-corrected chi connectivity index (χ2v) is 8.70. The quantitative estimate of drug-likeness (QED) is 0.537. The summed E-state index contributed by atoms with van der Waals surface area (Å²) in [6, 6.07) is 8.81. The summed E-state index contributed by atoms with van der Waals surface area (Å²) in [5.41, 5.74) is 3.15. The number of aryl methyl sites for hydroxylation is 2. The van der Waals surface area contributed by atoms with Crippen LogP contribution in [0.1, 0.15) is 38.5 Å². The molecule has 0 unspecified atom stereocenters. The lowest BCUT2D eigenvalue weighted by Gasteiger charge is -2.42. The molecule has 5 rings (SSSR count). The monoisotopic (exact) mass is 375 g/mol. The fraction of sp³-hybridized carbons (Fsp3) is 0.429. The van der Waals surface area contributed by atoms with Crippen molar-refractivity contribution in [3.8, 4) is 0 Å². The average Bonchev–Trinajstić information content (AvgIpc) is 3.15. The molecule has 4 heterocycles. The summed E-state index contributed by atoms with van der Waals surface area (Å²) in [5, 5.41) is 5.38. The van der Waals surface area contributed by atoms with Crippen LogP contribution in [0.3, 0.4) is 0 Å². The third-order valence-electron chi connectivity index (χ3n) is 5.48. The Morgan fingerprint density at radius 1 is 1.04 bits per heavy atom. The summed E-state index contributed by atoms with van der Waals surface area (Å²) in [4.78, 5) is 16.5. The molecule has 144 valence electrons. The van der Waals surface area contributed by atoms with Crippen LogP contribution in [-0.4, -0.2) is 42.4 Å². The van der Waals surface area contributed by atoms with Gasteiger partial charge in [0.1, 0.15) is 17.5 Å². The first-order valence-corrected chi connectivity index (χ1v) is 9.71. The zero-order chi connectivity index (χ0) is 19.6. The highest BCUT2D eigenvalue weighted by molar-refractivity contribution is 5.87. The van der Waals surface area contributed by atoms with Gasteiger partial charge in [-0.3, -0.25) is 4.68 Å². The Morgan fingerprint density at radius 2 is 1.79 bits per heavy atom. The van der Waals surface area contributed by atoms with E-state index in [9.17, 15) is 0 Å². The molecule has 1 aliphatic rings. The van der Waals surface area contributed by atoms with Gasteiger partial charge in [-0.2, -0.15) is 5.10 Å². The minimum Gasteiger partial charge on any atom is -0.352 e. The zero-order valence-electron chi connectivity index (χ0n) is 17.0. The van der Waals surface area contributed by atoms with Crippen LogP contribution in [0.15, 0.2) is 30.5 Å². The molecule has 7 heteroatoms. The van der Waals surface area contributed by atoms with E-state index < -0.39 is 0 Å². The largest absolute Gasteiger partial charge is 0.352 e. The second kappa shape index (κ2) is 5.77. The number of hydrogen-bond acceptors (Lipinski definition) is 5. The minimum absolute atomic E-state index is 0.0123. The van der Waals surface area contributed by atoms with Gasteiger partial charge in [0.05, 0.1) is 28.7 Å². The number of aromatic nitrogens is 6. The number of nitrogens with zero attached hydrogens (tertiary/aromatic N) is 7. The topological polar surface area (TPSA) is 64.7 Å². The van der Waals surface area contributed by atoms with Crippen molar-refractivity contribution in [3.63, 3.8) is 0 Å². The Kier molecular flexibility index (Phi) is 3.53. The molecule has 1 fully saturated rings. The standard InChI is InChI=1S/C21H25N7/c1-13-23-18-15(10-22-26(18)5)19(24-13)27-11-14(12-27)28-17-9-7-6-8-16(17)25-20(28)21(2,3)4/h6-10,14H,11-12H2,1-5H3. The molecule has 28 heavy (non-hydrogen) atoms. The van der Waals surface area contributed by atoms with E-state index in [0.717, 1.165) is 47.1 Å². The van der Waals surface area contributed by atoms with Crippen LogP contribution in [0, 0.1) is 6.92 Å².